The lowest BCUT2D eigenvalue weighted by molar-refractivity contribution is 1.06. The lowest BCUT2D eigenvalue weighted by Crippen LogP contribution is -1.79. The average Bonchev–Trinajstić information content (AvgIpc) is 2.59. The number of aliphatic imine (C=N–C) groups is 1. The predicted octanol–water partition coefficient (Wildman–Crippen LogP) is 2.31. The molecule has 0 saturated heterocycles. The monoisotopic (exact) mass is 158 g/mol. The fraction of sp³-hybridized carbons (Fsp3) is 0. The van der Waals surface area contributed by atoms with Crippen LogP contribution in [-0.4, -0.2) is 5.96 Å². The molecule has 0 fully saturated rings. The van der Waals surface area contributed by atoms with Crippen LogP contribution in [0, 0.1) is 6.07 Å². The van der Waals surface area contributed by atoms with Gasteiger partial charge >= 0.3 is 0 Å². The molecule has 0 atom stereocenters. The molecule has 0 saturated carbocycles. The summed E-state index contributed by atoms with van der Waals surface area (Å²) in [6.07, 6.45) is 0. The molecule has 1 aromatic carbocycles. The Labute approximate surface area is 68.5 Å². The van der Waals surface area contributed by atoms with E-state index in [9.17, 15) is 0 Å². The van der Waals surface area contributed by atoms with E-state index >= 15 is 0 Å². The summed E-state index contributed by atoms with van der Waals surface area (Å²) in [6.45, 7) is 0. The maximum atomic E-state index is 4.03. The fourth-order valence-electron chi connectivity index (χ4n) is 0.753. The zero-order chi connectivity index (χ0) is 8.23. The van der Waals surface area contributed by atoms with Gasteiger partial charge in [0.1, 0.15) is 0 Å². The van der Waals surface area contributed by atoms with Gasteiger partial charge in [0.05, 0.1) is 5.69 Å². The normalized spacial score (nSPS) is 13.8. The zero-order valence-corrected chi connectivity index (χ0v) is 6.05. The van der Waals surface area contributed by atoms with Crippen LogP contribution in [0.3, 0.4) is 0 Å². The quantitative estimate of drug-likeness (QED) is 0.602. The minimum Gasteiger partial charge on any atom is -0.209 e. The van der Waals surface area contributed by atoms with Crippen LogP contribution in [0.5, 0.6) is 0 Å². The largest absolute Gasteiger partial charge is 0.292 e. The second-order valence-electron chi connectivity index (χ2n) is 2.05. The summed E-state index contributed by atoms with van der Waals surface area (Å²) in [5, 5.41) is 13.7. The Morgan fingerprint density at radius 3 is 2.42 bits per heavy atom. The van der Waals surface area contributed by atoms with Gasteiger partial charge in [0, 0.05) is 0 Å². The van der Waals surface area contributed by atoms with E-state index in [1.807, 2.05) is 0 Å². The van der Waals surface area contributed by atoms with Gasteiger partial charge in [0.15, 0.2) is 0 Å². The minimum atomic E-state index is 0.279. The highest BCUT2D eigenvalue weighted by Crippen LogP contribution is 2.12. The van der Waals surface area contributed by atoms with Crippen LogP contribution in [0.4, 0.5) is 5.69 Å². The first-order valence-corrected chi connectivity index (χ1v) is 3.32. The maximum absolute atomic E-state index is 4.03. The second kappa shape index (κ2) is 3.00. The second-order valence-corrected chi connectivity index (χ2v) is 2.05. The number of benzene rings is 1. The van der Waals surface area contributed by atoms with E-state index in [2.05, 4.69) is 31.7 Å². The SMILES string of the molecule is [c]1ccc(N=C2N=NN=N2)cc1. The molecule has 1 aliphatic heterocycles. The van der Waals surface area contributed by atoms with E-state index in [-0.39, 0.29) is 5.96 Å². The van der Waals surface area contributed by atoms with Gasteiger partial charge in [-0.3, -0.25) is 0 Å². The van der Waals surface area contributed by atoms with E-state index < -0.39 is 0 Å². The summed E-state index contributed by atoms with van der Waals surface area (Å²) in [5.74, 6) is 0.279. The highest BCUT2D eigenvalue weighted by molar-refractivity contribution is 5.83. The Kier molecular flexibility index (Phi) is 1.69. The van der Waals surface area contributed by atoms with Gasteiger partial charge < -0.3 is 0 Å². The average molecular weight is 158 g/mol. The van der Waals surface area contributed by atoms with Crippen molar-refractivity contribution < 1.29 is 0 Å². The van der Waals surface area contributed by atoms with Gasteiger partial charge in [-0.15, -0.1) is 0 Å². The molecule has 0 N–H and O–H groups in total. The molecule has 2 rings (SSSR count). The van der Waals surface area contributed by atoms with Gasteiger partial charge in [-0.1, -0.05) is 22.4 Å². The summed E-state index contributed by atoms with van der Waals surface area (Å²) in [4.78, 5) is 4.03. The molecule has 1 radical (unpaired) electrons. The molecule has 0 aliphatic carbocycles. The third-order valence-electron chi connectivity index (χ3n) is 1.24. The summed E-state index contributed by atoms with van der Waals surface area (Å²) in [6, 6.07) is 10.0. The Morgan fingerprint density at radius 2 is 1.75 bits per heavy atom. The molecule has 1 aliphatic rings. The van der Waals surface area contributed by atoms with Gasteiger partial charge in [0.25, 0.3) is 5.96 Å². The molecule has 0 spiro atoms. The van der Waals surface area contributed by atoms with Crippen molar-refractivity contribution in [1.29, 1.82) is 0 Å². The minimum absolute atomic E-state index is 0.279. The zero-order valence-electron chi connectivity index (χ0n) is 6.05. The van der Waals surface area contributed by atoms with Crippen molar-refractivity contribution in [1.82, 2.24) is 0 Å². The van der Waals surface area contributed by atoms with Gasteiger partial charge in [-0.25, -0.2) is 4.99 Å². The van der Waals surface area contributed by atoms with E-state index in [1.165, 1.54) is 0 Å². The van der Waals surface area contributed by atoms with Gasteiger partial charge in [0.2, 0.25) is 0 Å². The summed E-state index contributed by atoms with van der Waals surface area (Å²) < 4.78 is 0. The van der Waals surface area contributed by atoms with Crippen molar-refractivity contribution in [3.8, 4) is 0 Å². The van der Waals surface area contributed by atoms with Crippen LogP contribution in [0.25, 0.3) is 0 Å². The van der Waals surface area contributed by atoms with E-state index in [0.29, 0.717) is 0 Å². The van der Waals surface area contributed by atoms with Crippen molar-refractivity contribution in [2.45, 2.75) is 0 Å². The molecule has 57 valence electrons. The first kappa shape index (κ1) is 6.78. The van der Waals surface area contributed by atoms with E-state index in [1.54, 1.807) is 24.3 Å². The number of guanidine groups is 1. The molecule has 1 heterocycles. The number of hydrogen-bond donors (Lipinski definition) is 0. The maximum Gasteiger partial charge on any atom is 0.292 e. The van der Waals surface area contributed by atoms with Crippen LogP contribution >= 0.6 is 0 Å². The summed E-state index contributed by atoms with van der Waals surface area (Å²) in [7, 11) is 0. The third-order valence-corrected chi connectivity index (χ3v) is 1.24. The Morgan fingerprint density at radius 1 is 1.08 bits per heavy atom. The molecule has 5 heteroatoms. The van der Waals surface area contributed by atoms with Crippen molar-refractivity contribution in [3.63, 3.8) is 0 Å². The summed E-state index contributed by atoms with van der Waals surface area (Å²) >= 11 is 0. The highest BCUT2D eigenvalue weighted by atomic mass is 15.6. The molecule has 1 aromatic rings. The Bertz CT molecular complexity index is 337. The number of rotatable bonds is 1. The molecular formula is C7H4N5. The predicted molar refractivity (Wildman–Crippen MR) is 42.1 cm³/mol. The van der Waals surface area contributed by atoms with Gasteiger partial charge in [-0.2, -0.15) is 0 Å². The van der Waals surface area contributed by atoms with E-state index in [4.69, 9.17) is 0 Å². The number of nitrogens with zero attached hydrogens (tertiary/aromatic N) is 5. The highest BCUT2D eigenvalue weighted by Gasteiger charge is 1.99. The first-order chi connectivity index (χ1) is 5.95. The van der Waals surface area contributed by atoms with Crippen molar-refractivity contribution in [3.05, 3.63) is 30.3 Å². The lowest BCUT2D eigenvalue weighted by atomic mass is 10.3. The lowest BCUT2D eigenvalue weighted by Gasteiger charge is -1.88. The molecular weight excluding hydrogens is 154 g/mol. The number of hydrogen-bond acceptors (Lipinski definition) is 3. The van der Waals surface area contributed by atoms with Crippen molar-refractivity contribution >= 4 is 11.6 Å². The van der Waals surface area contributed by atoms with Crippen molar-refractivity contribution in [2.24, 2.45) is 25.7 Å². The smallest absolute Gasteiger partial charge is 0.209 e. The van der Waals surface area contributed by atoms with Crippen LogP contribution in [0.1, 0.15) is 0 Å². The van der Waals surface area contributed by atoms with Gasteiger partial charge in [-0.05, 0) is 28.6 Å². The van der Waals surface area contributed by atoms with Crippen LogP contribution in [0.15, 0.2) is 49.9 Å². The summed E-state index contributed by atoms with van der Waals surface area (Å²) in [5.41, 5.74) is 0.767. The molecule has 5 nitrogen and oxygen atoms in total. The van der Waals surface area contributed by atoms with Crippen molar-refractivity contribution in [2.75, 3.05) is 0 Å². The fourth-order valence-corrected chi connectivity index (χ4v) is 0.753. The molecule has 0 aromatic heterocycles. The molecule has 0 amide bonds. The third kappa shape index (κ3) is 1.39. The Balaban J connectivity index is 2.29. The van der Waals surface area contributed by atoms with Crippen LogP contribution in [0.2, 0.25) is 0 Å². The Hall–Kier alpha value is -1.91. The van der Waals surface area contributed by atoms with E-state index in [0.717, 1.165) is 5.69 Å². The topological polar surface area (TPSA) is 61.8 Å². The molecule has 12 heavy (non-hydrogen) atoms. The van der Waals surface area contributed by atoms with Crippen LogP contribution in [-0.2, 0) is 0 Å². The molecule has 0 bridgehead atoms. The first-order valence-electron chi connectivity index (χ1n) is 3.32. The standard InChI is InChI=1S/C7H4N5/c1-2-4-6(5-3-1)8-7-9-11-12-10-7/h2-5H. The van der Waals surface area contributed by atoms with Crippen LogP contribution < -0.4 is 0 Å². The molecule has 0 unspecified atom stereocenters.